The first-order valence-electron chi connectivity index (χ1n) is 6.51. The SMILES string of the molecule is NC1CCC(OCc2noc(C3CC3)n2)CC1. The minimum Gasteiger partial charge on any atom is -0.370 e. The van der Waals surface area contributed by atoms with E-state index >= 15 is 0 Å². The maximum absolute atomic E-state index is 5.85. The van der Waals surface area contributed by atoms with Crippen molar-refractivity contribution in [2.24, 2.45) is 5.73 Å². The van der Waals surface area contributed by atoms with E-state index in [4.69, 9.17) is 15.0 Å². The molecule has 1 aromatic rings. The van der Waals surface area contributed by atoms with Crippen LogP contribution in [0.2, 0.25) is 0 Å². The quantitative estimate of drug-likeness (QED) is 0.863. The molecule has 2 aliphatic carbocycles. The van der Waals surface area contributed by atoms with Crippen molar-refractivity contribution in [2.75, 3.05) is 0 Å². The Morgan fingerprint density at radius 1 is 1.18 bits per heavy atom. The standard InChI is InChI=1S/C12H19N3O2/c13-9-3-5-10(6-4-9)16-7-11-14-12(17-15-11)8-1-2-8/h8-10H,1-7,13H2. The Kier molecular flexibility index (Phi) is 3.11. The van der Waals surface area contributed by atoms with Gasteiger partial charge in [0.25, 0.3) is 0 Å². The normalized spacial score (nSPS) is 29.5. The Morgan fingerprint density at radius 3 is 2.65 bits per heavy atom. The van der Waals surface area contributed by atoms with Crippen LogP contribution in [-0.4, -0.2) is 22.3 Å². The third-order valence-electron chi connectivity index (χ3n) is 3.58. The van der Waals surface area contributed by atoms with E-state index in [1.54, 1.807) is 0 Å². The van der Waals surface area contributed by atoms with Crippen LogP contribution in [0, 0.1) is 0 Å². The summed E-state index contributed by atoms with van der Waals surface area (Å²) in [6.45, 7) is 0.468. The van der Waals surface area contributed by atoms with Crippen LogP contribution in [0.15, 0.2) is 4.52 Å². The van der Waals surface area contributed by atoms with Crippen molar-refractivity contribution >= 4 is 0 Å². The number of aromatic nitrogens is 2. The van der Waals surface area contributed by atoms with E-state index in [1.807, 2.05) is 0 Å². The van der Waals surface area contributed by atoms with Gasteiger partial charge < -0.3 is 15.0 Å². The molecule has 17 heavy (non-hydrogen) atoms. The summed E-state index contributed by atoms with van der Waals surface area (Å²) in [5.41, 5.74) is 5.85. The van der Waals surface area contributed by atoms with Gasteiger partial charge in [-0.15, -0.1) is 0 Å². The van der Waals surface area contributed by atoms with Crippen molar-refractivity contribution in [1.29, 1.82) is 0 Å². The van der Waals surface area contributed by atoms with Crippen LogP contribution >= 0.6 is 0 Å². The van der Waals surface area contributed by atoms with E-state index in [0.717, 1.165) is 31.6 Å². The monoisotopic (exact) mass is 237 g/mol. The fourth-order valence-electron chi connectivity index (χ4n) is 2.27. The highest BCUT2D eigenvalue weighted by Crippen LogP contribution is 2.38. The summed E-state index contributed by atoms with van der Waals surface area (Å²) in [4.78, 5) is 4.34. The number of rotatable bonds is 4. The molecule has 0 aromatic carbocycles. The van der Waals surface area contributed by atoms with Crippen LogP contribution in [0.4, 0.5) is 0 Å². The molecule has 5 heteroatoms. The molecule has 2 fully saturated rings. The topological polar surface area (TPSA) is 74.2 Å². The zero-order valence-corrected chi connectivity index (χ0v) is 9.97. The average molecular weight is 237 g/mol. The van der Waals surface area contributed by atoms with Gasteiger partial charge >= 0.3 is 0 Å². The average Bonchev–Trinajstić information content (AvgIpc) is 3.09. The molecule has 1 heterocycles. The lowest BCUT2D eigenvalue weighted by atomic mass is 9.94. The van der Waals surface area contributed by atoms with Gasteiger partial charge in [0, 0.05) is 12.0 Å². The first kappa shape index (κ1) is 11.2. The fraction of sp³-hybridized carbons (Fsp3) is 0.833. The molecule has 0 saturated heterocycles. The molecule has 0 radical (unpaired) electrons. The molecule has 2 N–H and O–H groups in total. The number of hydrogen-bond donors (Lipinski definition) is 1. The third kappa shape index (κ3) is 2.84. The number of nitrogens with zero attached hydrogens (tertiary/aromatic N) is 2. The molecular weight excluding hydrogens is 218 g/mol. The van der Waals surface area contributed by atoms with Crippen LogP contribution in [0.5, 0.6) is 0 Å². The Hall–Kier alpha value is -0.940. The van der Waals surface area contributed by atoms with Crippen molar-refractivity contribution in [3.63, 3.8) is 0 Å². The second-order valence-corrected chi connectivity index (χ2v) is 5.17. The summed E-state index contributed by atoms with van der Waals surface area (Å²) < 4.78 is 11.0. The highest BCUT2D eigenvalue weighted by atomic mass is 16.5. The van der Waals surface area contributed by atoms with Crippen molar-refractivity contribution in [1.82, 2.24) is 10.1 Å². The zero-order chi connectivity index (χ0) is 11.7. The maximum Gasteiger partial charge on any atom is 0.229 e. The molecule has 94 valence electrons. The van der Waals surface area contributed by atoms with Crippen LogP contribution in [0.3, 0.4) is 0 Å². The van der Waals surface area contributed by atoms with E-state index in [-0.39, 0.29) is 0 Å². The van der Waals surface area contributed by atoms with Crippen LogP contribution < -0.4 is 5.73 Å². The molecule has 1 aromatic heterocycles. The summed E-state index contributed by atoms with van der Waals surface area (Å²) in [6, 6.07) is 0.362. The van der Waals surface area contributed by atoms with Crippen molar-refractivity contribution in [3.8, 4) is 0 Å². The summed E-state index contributed by atoms with van der Waals surface area (Å²) in [7, 11) is 0. The zero-order valence-electron chi connectivity index (χ0n) is 9.97. The first-order chi connectivity index (χ1) is 8.31. The second-order valence-electron chi connectivity index (χ2n) is 5.17. The lowest BCUT2D eigenvalue weighted by Crippen LogP contribution is -2.30. The van der Waals surface area contributed by atoms with Crippen molar-refractivity contribution in [2.45, 2.75) is 63.2 Å². The predicted molar refractivity (Wildman–Crippen MR) is 61.3 cm³/mol. The van der Waals surface area contributed by atoms with E-state index in [9.17, 15) is 0 Å². The van der Waals surface area contributed by atoms with Gasteiger partial charge in [-0.25, -0.2) is 0 Å². The van der Waals surface area contributed by atoms with E-state index in [2.05, 4.69) is 10.1 Å². The molecular formula is C12H19N3O2. The van der Waals surface area contributed by atoms with Gasteiger partial charge in [-0.2, -0.15) is 4.98 Å². The van der Waals surface area contributed by atoms with Crippen LogP contribution in [0.25, 0.3) is 0 Å². The van der Waals surface area contributed by atoms with Gasteiger partial charge in [0.1, 0.15) is 6.61 Å². The lowest BCUT2D eigenvalue weighted by Gasteiger charge is -2.25. The fourth-order valence-corrected chi connectivity index (χ4v) is 2.27. The van der Waals surface area contributed by atoms with Gasteiger partial charge in [-0.1, -0.05) is 5.16 Å². The number of ether oxygens (including phenoxy) is 1. The highest BCUT2D eigenvalue weighted by molar-refractivity contribution is 5.01. The van der Waals surface area contributed by atoms with Gasteiger partial charge in [-0.3, -0.25) is 0 Å². The second kappa shape index (κ2) is 4.74. The lowest BCUT2D eigenvalue weighted by molar-refractivity contribution is 0.00981. The maximum atomic E-state index is 5.85. The third-order valence-corrected chi connectivity index (χ3v) is 3.58. The van der Waals surface area contributed by atoms with Gasteiger partial charge in [-0.05, 0) is 38.5 Å². The Bertz CT molecular complexity index is 368. The van der Waals surface area contributed by atoms with Crippen molar-refractivity contribution < 1.29 is 9.26 Å². The van der Waals surface area contributed by atoms with E-state index < -0.39 is 0 Å². The smallest absolute Gasteiger partial charge is 0.229 e. The molecule has 3 rings (SSSR count). The van der Waals surface area contributed by atoms with Gasteiger partial charge in [0.2, 0.25) is 5.89 Å². The molecule has 0 spiro atoms. The Morgan fingerprint density at radius 2 is 1.94 bits per heavy atom. The molecule has 2 saturated carbocycles. The van der Waals surface area contributed by atoms with Crippen molar-refractivity contribution in [3.05, 3.63) is 11.7 Å². The highest BCUT2D eigenvalue weighted by Gasteiger charge is 2.29. The van der Waals surface area contributed by atoms with E-state index in [1.165, 1.54) is 12.8 Å². The number of nitrogens with two attached hydrogens (primary N) is 1. The number of hydrogen-bond acceptors (Lipinski definition) is 5. The predicted octanol–water partition coefficient (Wildman–Crippen LogP) is 1.73. The Labute approximate surface area is 101 Å². The Balaban J connectivity index is 1.46. The molecule has 0 aliphatic heterocycles. The molecule has 0 atom stereocenters. The summed E-state index contributed by atoms with van der Waals surface area (Å²) in [6.07, 6.45) is 6.90. The first-order valence-corrected chi connectivity index (χ1v) is 6.51. The van der Waals surface area contributed by atoms with Crippen LogP contribution in [-0.2, 0) is 11.3 Å². The largest absolute Gasteiger partial charge is 0.370 e. The van der Waals surface area contributed by atoms with Gasteiger partial charge in [0.05, 0.1) is 6.10 Å². The molecule has 0 unspecified atom stereocenters. The molecule has 0 bridgehead atoms. The van der Waals surface area contributed by atoms with Crippen LogP contribution in [0.1, 0.15) is 56.2 Å². The minimum absolute atomic E-state index is 0.317. The summed E-state index contributed by atoms with van der Waals surface area (Å²) >= 11 is 0. The molecule has 0 amide bonds. The summed E-state index contributed by atoms with van der Waals surface area (Å²) in [5, 5.41) is 3.94. The molecule has 2 aliphatic rings. The summed E-state index contributed by atoms with van der Waals surface area (Å²) in [5.74, 6) is 1.99. The minimum atomic E-state index is 0.317. The van der Waals surface area contributed by atoms with E-state index in [0.29, 0.717) is 30.5 Å². The molecule has 5 nitrogen and oxygen atoms in total. The van der Waals surface area contributed by atoms with Gasteiger partial charge in [0.15, 0.2) is 5.82 Å².